The Balaban J connectivity index is 1.52. The van der Waals surface area contributed by atoms with Gasteiger partial charge in [-0.05, 0) is 70.4 Å². The molecular weight excluding hydrogens is 406 g/mol. The zero-order chi connectivity index (χ0) is 21.5. The van der Waals surface area contributed by atoms with E-state index in [1.807, 2.05) is 71.4 Å². The van der Waals surface area contributed by atoms with Gasteiger partial charge in [-0.25, -0.2) is 0 Å². The van der Waals surface area contributed by atoms with E-state index >= 15 is 0 Å². The highest BCUT2D eigenvalue weighted by Gasteiger charge is 2.17. The lowest BCUT2D eigenvalue weighted by Gasteiger charge is -2.23. The summed E-state index contributed by atoms with van der Waals surface area (Å²) in [6, 6.07) is 22.1. The predicted molar refractivity (Wildman–Crippen MR) is 124 cm³/mol. The molecule has 2 aromatic carbocycles. The highest BCUT2D eigenvalue weighted by molar-refractivity contribution is 7.07. The van der Waals surface area contributed by atoms with Crippen molar-refractivity contribution >= 4 is 34.5 Å². The molecule has 0 aliphatic rings. The first-order chi connectivity index (χ1) is 15.2. The summed E-state index contributed by atoms with van der Waals surface area (Å²) in [6.45, 7) is 0.484. The lowest BCUT2D eigenvalue weighted by molar-refractivity contribution is -0.118. The van der Waals surface area contributed by atoms with Crippen molar-refractivity contribution in [1.29, 1.82) is 0 Å². The van der Waals surface area contributed by atoms with Gasteiger partial charge in [0.15, 0.2) is 0 Å². The van der Waals surface area contributed by atoms with Crippen LogP contribution in [0.5, 0.6) is 0 Å². The summed E-state index contributed by atoms with van der Waals surface area (Å²) < 4.78 is 0. The maximum absolute atomic E-state index is 13.1. The van der Waals surface area contributed by atoms with Crippen molar-refractivity contribution in [2.24, 2.45) is 0 Å². The molecule has 2 aromatic heterocycles. The van der Waals surface area contributed by atoms with Crippen molar-refractivity contribution in [2.45, 2.75) is 13.0 Å². The lowest BCUT2D eigenvalue weighted by atomic mass is 10.1. The van der Waals surface area contributed by atoms with Gasteiger partial charge in [-0.15, -0.1) is 0 Å². The average molecular weight is 428 g/mol. The van der Waals surface area contributed by atoms with Crippen LogP contribution >= 0.6 is 11.3 Å². The second-order valence-electron chi connectivity index (χ2n) is 7.02. The van der Waals surface area contributed by atoms with Crippen LogP contribution in [-0.2, 0) is 17.8 Å². The third kappa shape index (κ3) is 5.43. The molecule has 4 aromatic rings. The molecule has 4 rings (SSSR count). The van der Waals surface area contributed by atoms with Gasteiger partial charge in [-0.1, -0.05) is 24.3 Å². The molecule has 0 saturated carbocycles. The molecule has 1 N–H and O–H groups in total. The Kier molecular flexibility index (Phi) is 6.50. The molecule has 0 aliphatic heterocycles. The molecule has 0 spiro atoms. The number of benzene rings is 2. The smallest absolute Gasteiger partial charge is 0.255 e. The number of hydrogen-bond acceptors (Lipinski definition) is 4. The maximum Gasteiger partial charge on any atom is 0.255 e. The van der Waals surface area contributed by atoms with Crippen molar-refractivity contribution < 1.29 is 9.59 Å². The molecule has 0 bridgehead atoms. The van der Waals surface area contributed by atoms with Crippen LogP contribution in [0.3, 0.4) is 0 Å². The first kappa shape index (κ1) is 20.5. The van der Waals surface area contributed by atoms with E-state index in [9.17, 15) is 9.59 Å². The Labute approximate surface area is 185 Å². The summed E-state index contributed by atoms with van der Waals surface area (Å²) >= 11 is 1.60. The number of thiophene rings is 1. The van der Waals surface area contributed by atoms with E-state index in [4.69, 9.17) is 0 Å². The molecule has 0 atom stereocenters. The van der Waals surface area contributed by atoms with Gasteiger partial charge in [0, 0.05) is 29.3 Å². The Morgan fingerprint density at radius 3 is 2.39 bits per heavy atom. The van der Waals surface area contributed by atoms with Gasteiger partial charge in [0.2, 0.25) is 5.91 Å². The molecule has 0 saturated heterocycles. The number of hydrogen-bond donors (Lipinski definition) is 1. The summed E-state index contributed by atoms with van der Waals surface area (Å²) in [5, 5.41) is 6.93. The summed E-state index contributed by atoms with van der Waals surface area (Å²) in [5.74, 6) is -0.184. The largest absolute Gasteiger partial charge is 0.322 e. The number of aromatic nitrogens is 1. The summed E-state index contributed by atoms with van der Waals surface area (Å²) in [7, 11) is 0. The molecule has 2 heterocycles. The van der Waals surface area contributed by atoms with Crippen molar-refractivity contribution in [3.8, 4) is 0 Å². The molecule has 5 nitrogen and oxygen atoms in total. The quantitative estimate of drug-likeness (QED) is 0.442. The van der Waals surface area contributed by atoms with E-state index < -0.39 is 0 Å². The molecule has 0 fully saturated rings. The second-order valence-corrected chi connectivity index (χ2v) is 7.80. The highest BCUT2D eigenvalue weighted by Crippen LogP contribution is 2.23. The van der Waals surface area contributed by atoms with Gasteiger partial charge < -0.3 is 10.2 Å². The van der Waals surface area contributed by atoms with Gasteiger partial charge in [-0.3, -0.25) is 14.6 Å². The first-order valence-electron chi connectivity index (χ1n) is 9.86. The molecule has 0 radical (unpaired) electrons. The van der Waals surface area contributed by atoms with Gasteiger partial charge in [-0.2, -0.15) is 11.3 Å². The number of anilines is 2. The first-order valence-corrected chi connectivity index (χ1v) is 10.8. The molecule has 0 aliphatic carbocycles. The number of carbonyl (C=O) groups is 2. The van der Waals surface area contributed by atoms with E-state index in [-0.39, 0.29) is 18.2 Å². The third-order valence-electron chi connectivity index (χ3n) is 4.77. The maximum atomic E-state index is 13.1. The van der Waals surface area contributed by atoms with E-state index in [1.54, 1.807) is 40.8 Å². The number of carbonyl (C=O) groups excluding carboxylic acids is 2. The Hall–Kier alpha value is -3.77. The highest BCUT2D eigenvalue weighted by atomic mass is 32.1. The monoisotopic (exact) mass is 427 g/mol. The molecule has 2 amide bonds. The number of nitrogens with one attached hydrogen (secondary N) is 1. The number of rotatable bonds is 7. The van der Waals surface area contributed by atoms with Crippen molar-refractivity contribution in [3.05, 3.63) is 113 Å². The van der Waals surface area contributed by atoms with E-state index in [1.165, 1.54) is 0 Å². The van der Waals surface area contributed by atoms with Gasteiger partial charge in [0.25, 0.3) is 5.91 Å². The Morgan fingerprint density at radius 1 is 0.903 bits per heavy atom. The molecule has 6 heteroatoms. The summed E-state index contributed by atoms with van der Waals surface area (Å²) in [5.41, 5.74) is 3.99. The topological polar surface area (TPSA) is 62.3 Å². The minimum atomic E-state index is -0.170. The summed E-state index contributed by atoms with van der Waals surface area (Å²) in [4.78, 5) is 31.4. The zero-order valence-electron chi connectivity index (χ0n) is 16.8. The SMILES string of the molecule is O=C(Nc1ccc(N(Cc2ccsc2)C(=O)Cc2cccnc2)cc1)c1ccccc1. The molecule has 0 unspecified atom stereocenters. The third-order valence-corrected chi connectivity index (χ3v) is 5.50. The van der Waals surface area contributed by atoms with Crippen molar-refractivity contribution in [1.82, 2.24) is 4.98 Å². The van der Waals surface area contributed by atoms with Crippen LogP contribution in [0, 0.1) is 0 Å². The molecule has 31 heavy (non-hydrogen) atoms. The van der Waals surface area contributed by atoms with Gasteiger partial charge in [0.1, 0.15) is 0 Å². The lowest BCUT2D eigenvalue weighted by Crippen LogP contribution is -2.31. The van der Waals surface area contributed by atoms with E-state index in [0.717, 1.165) is 16.8 Å². The standard InChI is InChI=1S/C25H21N3O2S/c29-24(15-19-5-4-13-26-16-19)28(17-20-12-14-31-18-20)23-10-8-22(9-11-23)27-25(30)21-6-2-1-3-7-21/h1-14,16,18H,15,17H2,(H,27,30). The van der Waals surface area contributed by atoms with Crippen molar-refractivity contribution in [3.63, 3.8) is 0 Å². The van der Waals surface area contributed by atoms with Crippen LogP contribution in [0.4, 0.5) is 11.4 Å². The van der Waals surface area contributed by atoms with E-state index in [2.05, 4.69) is 10.3 Å². The van der Waals surface area contributed by atoms with Crippen LogP contribution in [0.2, 0.25) is 0 Å². The Bertz CT molecular complexity index is 1130. The van der Waals surface area contributed by atoms with E-state index in [0.29, 0.717) is 17.8 Å². The predicted octanol–water partition coefficient (Wildman–Crippen LogP) is 5.17. The molecule has 154 valence electrons. The second kappa shape index (κ2) is 9.82. The average Bonchev–Trinajstić information content (AvgIpc) is 3.33. The van der Waals surface area contributed by atoms with Crippen LogP contribution in [0.25, 0.3) is 0 Å². The summed E-state index contributed by atoms with van der Waals surface area (Å²) in [6.07, 6.45) is 3.67. The fraction of sp³-hybridized carbons (Fsp3) is 0.0800. The number of amides is 2. The van der Waals surface area contributed by atoms with Crippen LogP contribution in [0.15, 0.2) is 96.0 Å². The fourth-order valence-electron chi connectivity index (χ4n) is 3.18. The van der Waals surface area contributed by atoms with Crippen molar-refractivity contribution in [2.75, 3.05) is 10.2 Å². The van der Waals surface area contributed by atoms with Gasteiger partial charge >= 0.3 is 0 Å². The minimum absolute atomic E-state index is 0.0136. The number of nitrogens with zero attached hydrogens (tertiary/aromatic N) is 2. The van der Waals surface area contributed by atoms with Crippen LogP contribution < -0.4 is 10.2 Å². The Morgan fingerprint density at radius 2 is 1.71 bits per heavy atom. The normalized spacial score (nSPS) is 10.5. The minimum Gasteiger partial charge on any atom is -0.322 e. The van der Waals surface area contributed by atoms with Gasteiger partial charge in [0.05, 0.1) is 13.0 Å². The molecular formula is C25H21N3O2S. The van der Waals surface area contributed by atoms with Crippen LogP contribution in [0.1, 0.15) is 21.5 Å². The fourth-order valence-corrected chi connectivity index (χ4v) is 3.84. The zero-order valence-corrected chi connectivity index (χ0v) is 17.6. The van der Waals surface area contributed by atoms with Crippen LogP contribution in [-0.4, -0.2) is 16.8 Å². The number of pyridine rings is 1.